The van der Waals surface area contributed by atoms with E-state index < -0.39 is 11.9 Å². The zero-order valence-electron chi connectivity index (χ0n) is 16.5. The molecule has 1 aliphatic carbocycles. The Morgan fingerprint density at radius 2 is 2.07 bits per heavy atom. The first-order chi connectivity index (χ1) is 13.3. The number of nitrogens with one attached hydrogen (secondary N) is 1. The number of aryl methyl sites for hydroxylation is 1. The molecule has 0 amide bonds. The monoisotopic (exact) mass is 411 g/mol. The van der Waals surface area contributed by atoms with Gasteiger partial charge in [0.1, 0.15) is 5.69 Å². The summed E-state index contributed by atoms with van der Waals surface area (Å²) in [5.41, 5.74) is 1.66. The number of nitrogens with zero attached hydrogens (tertiary/aromatic N) is 2. The van der Waals surface area contributed by atoms with Crippen molar-refractivity contribution < 1.29 is 13.2 Å². The molecule has 3 nitrogen and oxygen atoms in total. The van der Waals surface area contributed by atoms with Gasteiger partial charge in [-0.2, -0.15) is 18.3 Å². The molecule has 0 bridgehead atoms. The summed E-state index contributed by atoms with van der Waals surface area (Å²) in [5.74, 6) is 0.570. The van der Waals surface area contributed by atoms with Gasteiger partial charge in [0.05, 0.1) is 5.69 Å². The first-order valence-corrected chi connectivity index (χ1v) is 10.0. The number of allylic oxidation sites excluding steroid dienone is 3. The van der Waals surface area contributed by atoms with Crippen LogP contribution in [0.3, 0.4) is 0 Å². The Labute approximate surface area is 169 Å². The number of alkyl halides is 3. The number of thioether (sulfide) groups is 1. The van der Waals surface area contributed by atoms with Crippen molar-refractivity contribution in [1.29, 1.82) is 0 Å². The van der Waals surface area contributed by atoms with E-state index in [4.69, 9.17) is 0 Å². The van der Waals surface area contributed by atoms with Crippen molar-refractivity contribution in [3.8, 4) is 0 Å². The average molecular weight is 412 g/mol. The molecule has 1 aliphatic rings. The Hall–Kier alpha value is -2.15. The summed E-state index contributed by atoms with van der Waals surface area (Å²) in [5, 5.41) is 7.31. The fourth-order valence-electron chi connectivity index (χ4n) is 2.52. The normalized spacial score (nSPS) is 14.2. The number of aromatic nitrogens is 2. The van der Waals surface area contributed by atoms with E-state index in [1.165, 1.54) is 24.4 Å². The minimum atomic E-state index is -4.41. The van der Waals surface area contributed by atoms with Gasteiger partial charge in [-0.1, -0.05) is 37.8 Å². The molecular formula is C21H28F3N3S. The topological polar surface area (TPSA) is 29.9 Å². The average Bonchev–Trinajstić information content (AvgIpc) is 3.08. The maximum atomic E-state index is 13.0. The number of hydrogen-bond donors (Lipinski definition) is 1. The van der Waals surface area contributed by atoms with Gasteiger partial charge in [0.25, 0.3) is 0 Å². The Kier molecular flexibility index (Phi) is 9.93. The molecule has 7 heteroatoms. The largest absolute Gasteiger partial charge is 0.433 e. The van der Waals surface area contributed by atoms with Crippen LogP contribution in [0, 0.1) is 0 Å². The molecule has 0 spiro atoms. The molecule has 0 saturated carbocycles. The zero-order chi connectivity index (χ0) is 21.2. The van der Waals surface area contributed by atoms with E-state index in [0.29, 0.717) is 18.0 Å². The highest BCUT2D eigenvalue weighted by Gasteiger charge is 2.35. The second-order valence-electron chi connectivity index (χ2n) is 6.02. The van der Waals surface area contributed by atoms with Gasteiger partial charge in [0.2, 0.25) is 0 Å². The molecule has 0 fully saturated rings. The zero-order valence-corrected chi connectivity index (χ0v) is 17.3. The third-order valence-corrected chi connectivity index (χ3v) is 5.01. The smallest absolute Gasteiger partial charge is 0.384 e. The number of hydrogen-bond acceptors (Lipinski definition) is 3. The molecule has 0 radical (unpaired) electrons. The Balaban J connectivity index is 0.00000190. The summed E-state index contributed by atoms with van der Waals surface area (Å²) >= 11 is 1.45. The summed E-state index contributed by atoms with van der Waals surface area (Å²) in [7, 11) is 1.31. The second-order valence-corrected chi connectivity index (χ2v) is 7.03. The minimum Gasteiger partial charge on any atom is -0.384 e. The highest BCUT2D eigenvalue weighted by Crippen LogP contribution is 2.34. The lowest BCUT2D eigenvalue weighted by Gasteiger charge is -2.12. The van der Waals surface area contributed by atoms with Crippen molar-refractivity contribution in [1.82, 2.24) is 15.1 Å². The molecule has 0 aromatic carbocycles. The van der Waals surface area contributed by atoms with E-state index in [0.717, 1.165) is 40.6 Å². The Morgan fingerprint density at radius 1 is 1.36 bits per heavy atom. The van der Waals surface area contributed by atoms with Crippen LogP contribution in [0.2, 0.25) is 0 Å². The summed E-state index contributed by atoms with van der Waals surface area (Å²) in [6, 6.07) is 1.10. The van der Waals surface area contributed by atoms with Crippen LogP contribution in [-0.2, 0) is 13.2 Å². The predicted molar refractivity (Wildman–Crippen MR) is 114 cm³/mol. The minimum absolute atomic E-state index is 0.345. The highest BCUT2D eigenvalue weighted by atomic mass is 32.2. The van der Waals surface area contributed by atoms with Crippen molar-refractivity contribution in [2.75, 3.05) is 12.3 Å². The van der Waals surface area contributed by atoms with E-state index >= 15 is 0 Å². The van der Waals surface area contributed by atoms with Crippen LogP contribution in [-0.4, -0.2) is 22.1 Å². The summed E-state index contributed by atoms with van der Waals surface area (Å²) in [6.07, 6.45) is 6.79. The quantitative estimate of drug-likeness (QED) is 0.524. The fourth-order valence-corrected chi connectivity index (χ4v) is 3.48. The van der Waals surface area contributed by atoms with Crippen molar-refractivity contribution in [3.05, 3.63) is 72.8 Å². The standard InChI is InChI=1S/C19H24F3N3S.C2H4/c1-4-8-17(16-11-18(19(20,21)22)25(3)24-16)26-13-14(2)23-12-15-9-6-5-7-10-15;1-2/h6,8-11,23H,2,4-5,7,12-13H2,1,3H3;1-2H2/b17-8-;. The summed E-state index contributed by atoms with van der Waals surface area (Å²) in [4.78, 5) is 0.735. The molecule has 1 aromatic heterocycles. The van der Waals surface area contributed by atoms with Gasteiger partial charge >= 0.3 is 6.18 Å². The molecule has 154 valence electrons. The SMILES string of the molecule is C=C.C=C(CS/C(=C\CC)c1cc(C(F)(F)F)n(C)n1)NCC1=CCCC=C1. The Morgan fingerprint density at radius 3 is 2.61 bits per heavy atom. The highest BCUT2D eigenvalue weighted by molar-refractivity contribution is 8.08. The van der Waals surface area contributed by atoms with Crippen LogP contribution in [0.1, 0.15) is 37.6 Å². The maximum absolute atomic E-state index is 13.0. The third kappa shape index (κ3) is 7.46. The van der Waals surface area contributed by atoms with Gasteiger partial charge in [-0.3, -0.25) is 4.68 Å². The van der Waals surface area contributed by atoms with Gasteiger partial charge in [-0.15, -0.1) is 24.9 Å². The third-order valence-electron chi connectivity index (χ3n) is 3.83. The van der Waals surface area contributed by atoms with E-state index in [1.807, 2.05) is 13.0 Å². The molecule has 28 heavy (non-hydrogen) atoms. The number of halogens is 3. The van der Waals surface area contributed by atoms with Crippen LogP contribution >= 0.6 is 11.8 Å². The molecule has 2 rings (SSSR count). The molecule has 0 atom stereocenters. The molecule has 0 aliphatic heterocycles. The lowest BCUT2D eigenvalue weighted by Crippen LogP contribution is -2.17. The van der Waals surface area contributed by atoms with Crippen LogP contribution in [0.5, 0.6) is 0 Å². The molecule has 1 N–H and O–H groups in total. The molecule has 0 unspecified atom stereocenters. The summed E-state index contributed by atoms with van der Waals surface area (Å²) < 4.78 is 39.8. The van der Waals surface area contributed by atoms with E-state index in [2.05, 4.69) is 48.4 Å². The van der Waals surface area contributed by atoms with Crippen molar-refractivity contribution in [2.24, 2.45) is 7.05 Å². The molecule has 0 saturated heterocycles. The second kappa shape index (κ2) is 11.6. The summed E-state index contributed by atoms with van der Waals surface area (Å²) in [6.45, 7) is 12.7. The van der Waals surface area contributed by atoms with Crippen molar-refractivity contribution >= 4 is 16.7 Å². The van der Waals surface area contributed by atoms with E-state index in [-0.39, 0.29) is 0 Å². The van der Waals surface area contributed by atoms with Crippen LogP contribution in [0.25, 0.3) is 4.91 Å². The van der Waals surface area contributed by atoms with Gasteiger partial charge in [-0.25, -0.2) is 0 Å². The number of rotatable bonds is 8. The predicted octanol–water partition coefficient (Wildman–Crippen LogP) is 6.10. The Bertz CT molecular complexity index is 743. The molecule has 1 heterocycles. The van der Waals surface area contributed by atoms with Gasteiger partial charge in [-0.05, 0) is 30.9 Å². The van der Waals surface area contributed by atoms with Gasteiger partial charge in [0.15, 0.2) is 0 Å². The molecular weight excluding hydrogens is 383 g/mol. The van der Waals surface area contributed by atoms with Gasteiger partial charge < -0.3 is 5.32 Å². The first-order valence-electron chi connectivity index (χ1n) is 9.03. The lowest BCUT2D eigenvalue weighted by molar-refractivity contribution is -0.143. The first kappa shape index (κ1) is 23.9. The molecule has 1 aromatic rings. The van der Waals surface area contributed by atoms with Crippen molar-refractivity contribution in [2.45, 2.75) is 32.4 Å². The van der Waals surface area contributed by atoms with Crippen LogP contribution < -0.4 is 5.32 Å². The maximum Gasteiger partial charge on any atom is 0.433 e. The van der Waals surface area contributed by atoms with Crippen LogP contribution in [0.4, 0.5) is 13.2 Å². The van der Waals surface area contributed by atoms with Gasteiger partial charge in [0, 0.05) is 29.9 Å². The fraction of sp³-hybridized carbons (Fsp3) is 0.381. The van der Waals surface area contributed by atoms with E-state index in [9.17, 15) is 13.2 Å². The lowest BCUT2D eigenvalue weighted by atomic mass is 10.1. The van der Waals surface area contributed by atoms with E-state index in [1.54, 1.807) is 0 Å². The van der Waals surface area contributed by atoms with Crippen LogP contribution in [0.15, 0.2) is 61.4 Å². The van der Waals surface area contributed by atoms with Crippen molar-refractivity contribution in [3.63, 3.8) is 0 Å².